The molecule has 1 aliphatic heterocycles. The number of benzene rings is 1. The van der Waals surface area contributed by atoms with Crippen molar-refractivity contribution < 1.29 is 9.72 Å². The molecule has 1 saturated heterocycles. The van der Waals surface area contributed by atoms with Crippen LogP contribution in [0.2, 0.25) is 0 Å². The number of carbonyl (C=O) groups excluding carboxylic acids is 1. The Morgan fingerprint density at radius 3 is 2.68 bits per heavy atom. The zero-order chi connectivity index (χ0) is 14.2. The van der Waals surface area contributed by atoms with E-state index in [0.717, 1.165) is 11.1 Å². The normalized spacial score (nSPS) is 18.7. The van der Waals surface area contributed by atoms with Crippen LogP contribution in [-0.2, 0) is 4.79 Å². The van der Waals surface area contributed by atoms with E-state index in [1.54, 1.807) is 12.1 Å². The number of nitro groups is 1. The van der Waals surface area contributed by atoms with Crippen molar-refractivity contribution in [3.05, 3.63) is 46.0 Å². The molecule has 0 radical (unpaired) electrons. The van der Waals surface area contributed by atoms with Crippen LogP contribution in [0.4, 0.5) is 11.4 Å². The third-order valence-electron chi connectivity index (χ3n) is 3.64. The third-order valence-corrected chi connectivity index (χ3v) is 3.64. The van der Waals surface area contributed by atoms with Crippen LogP contribution in [-0.4, -0.2) is 17.4 Å². The first-order valence-corrected chi connectivity index (χ1v) is 6.13. The van der Waals surface area contributed by atoms with Gasteiger partial charge in [0.1, 0.15) is 5.69 Å². The van der Waals surface area contributed by atoms with Crippen molar-refractivity contribution in [3.63, 3.8) is 0 Å². The second kappa shape index (κ2) is 4.84. The summed E-state index contributed by atoms with van der Waals surface area (Å²) in [5, 5.41) is 11.1. The van der Waals surface area contributed by atoms with E-state index in [2.05, 4.69) is 6.58 Å². The molecule has 0 aromatic heterocycles. The van der Waals surface area contributed by atoms with Gasteiger partial charge < -0.3 is 4.90 Å². The highest BCUT2D eigenvalue weighted by atomic mass is 16.6. The molecule has 1 aromatic rings. The number of aryl methyl sites for hydroxylation is 1. The lowest BCUT2D eigenvalue weighted by molar-refractivity contribution is -0.384. The maximum atomic E-state index is 12.0. The lowest BCUT2D eigenvalue weighted by atomic mass is 10.1. The van der Waals surface area contributed by atoms with Gasteiger partial charge >= 0.3 is 0 Å². The Balaban J connectivity index is 2.55. The largest absolute Gasteiger partial charge is 0.306 e. The summed E-state index contributed by atoms with van der Waals surface area (Å²) in [5.74, 6) is -0.0197. The number of hydrogen-bond acceptors (Lipinski definition) is 3. The molecule has 5 nitrogen and oxygen atoms in total. The minimum atomic E-state index is -0.434. The van der Waals surface area contributed by atoms with Crippen LogP contribution in [0, 0.1) is 29.9 Å². The quantitative estimate of drug-likeness (QED) is 0.477. The van der Waals surface area contributed by atoms with E-state index in [-0.39, 0.29) is 17.5 Å². The molecule has 1 fully saturated rings. The molecule has 0 spiro atoms. The molecule has 1 atom stereocenters. The first-order chi connectivity index (χ1) is 8.95. The second-order valence-corrected chi connectivity index (χ2v) is 4.84. The Morgan fingerprint density at radius 2 is 2.16 bits per heavy atom. The fourth-order valence-corrected chi connectivity index (χ4v) is 2.38. The molecular formula is C14H16N2O3. The summed E-state index contributed by atoms with van der Waals surface area (Å²) in [7, 11) is 0. The summed E-state index contributed by atoms with van der Waals surface area (Å²) in [4.78, 5) is 24.3. The highest BCUT2D eigenvalue weighted by Gasteiger charge is 2.34. The van der Waals surface area contributed by atoms with Crippen molar-refractivity contribution in [2.75, 3.05) is 11.4 Å². The van der Waals surface area contributed by atoms with Crippen molar-refractivity contribution in [2.45, 2.75) is 20.3 Å². The number of amides is 1. The Hall–Kier alpha value is -2.17. The topological polar surface area (TPSA) is 63.5 Å². The monoisotopic (exact) mass is 260 g/mol. The summed E-state index contributed by atoms with van der Waals surface area (Å²) in [6, 6.07) is 3.18. The maximum Gasteiger partial charge on any atom is 0.293 e. The van der Waals surface area contributed by atoms with Gasteiger partial charge in [-0.15, -0.1) is 6.58 Å². The minimum absolute atomic E-state index is 0.0128. The first kappa shape index (κ1) is 13.3. The summed E-state index contributed by atoms with van der Waals surface area (Å²) in [6.45, 7) is 7.85. The number of nitro benzene ring substituents is 1. The Morgan fingerprint density at radius 1 is 1.47 bits per heavy atom. The smallest absolute Gasteiger partial charge is 0.293 e. The third kappa shape index (κ3) is 2.23. The van der Waals surface area contributed by atoms with E-state index in [1.165, 1.54) is 11.0 Å². The van der Waals surface area contributed by atoms with Crippen LogP contribution in [0.25, 0.3) is 0 Å². The molecule has 100 valence electrons. The zero-order valence-electron chi connectivity index (χ0n) is 11.0. The average molecular weight is 260 g/mol. The van der Waals surface area contributed by atoms with Gasteiger partial charge in [0.15, 0.2) is 0 Å². The van der Waals surface area contributed by atoms with Crippen molar-refractivity contribution in [1.82, 2.24) is 0 Å². The van der Waals surface area contributed by atoms with E-state index in [0.29, 0.717) is 18.7 Å². The Kier molecular flexibility index (Phi) is 3.38. The number of hydrogen-bond donors (Lipinski definition) is 0. The summed E-state index contributed by atoms with van der Waals surface area (Å²) < 4.78 is 0. The first-order valence-electron chi connectivity index (χ1n) is 6.13. The lowest BCUT2D eigenvalue weighted by Gasteiger charge is -2.19. The molecule has 0 bridgehead atoms. The molecule has 1 aliphatic rings. The molecule has 0 aliphatic carbocycles. The molecule has 1 heterocycles. The molecular weight excluding hydrogens is 244 g/mol. The highest BCUT2D eigenvalue weighted by Crippen LogP contribution is 2.37. The predicted octanol–water partition coefficient (Wildman–Crippen LogP) is 2.75. The van der Waals surface area contributed by atoms with Gasteiger partial charge in [-0.25, -0.2) is 0 Å². The molecule has 2 rings (SSSR count). The van der Waals surface area contributed by atoms with Crippen molar-refractivity contribution >= 4 is 17.3 Å². The molecule has 0 N–H and O–H groups in total. The standard InChI is InChI=1S/C14H16N2O3/c1-4-11-7-13(17)15(8-11)14-10(3)9(2)5-6-12(14)16(18)19/h4-6,11H,1,7-8H2,2-3H3. The van der Waals surface area contributed by atoms with Crippen LogP contribution in [0.15, 0.2) is 24.8 Å². The van der Waals surface area contributed by atoms with Crippen molar-refractivity contribution in [2.24, 2.45) is 5.92 Å². The van der Waals surface area contributed by atoms with Gasteiger partial charge in [-0.1, -0.05) is 12.1 Å². The fraction of sp³-hybridized carbons (Fsp3) is 0.357. The van der Waals surface area contributed by atoms with E-state index >= 15 is 0 Å². The molecule has 1 amide bonds. The summed E-state index contributed by atoms with van der Waals surface area (Å²) in [6.07, 6.45) is 2.10. The SMILES string of the molecule is C=CC1CC(=O)N(c2c([N+](=O)[O-])ccc(C)c2C)C1. The van der Waals surface area contributed by atoms with Crippen LogP contribution in [0.5, 0.6) is 0 Å². The highest BCUT2D eigenvalue weighted by molar-refractivity contribution is 5.99. The lowest BCUT2D eigenvalue weighted by Crippen LogP contribution is -2.26. The van der Waals surface area contributed by atoms with Crippen LogP contribution < -0.4 is 4.90 Å². The fourth-order valence-electron chi connectivity index (χ4n) is 2.38. The number of carbonyl (C=O) groups is 1. The van der Waals surface area contributed by atoms with Crippen molar-refractivity contribution in [1.29, 1.82) is 0 Å². The molecule has 1 aromatic carbocycles. The second-order valence-electron chi connectivity index (χ2n) is 4.84. The van der Waals surface area contributed by atoms with Gasteiger partial charge in [-0.05, 0) is 25.0 Å². The number of nitrogens with zero attached hydrogens (tertiary/aromatic N) is 2. The van der Waals surface area contributed by atoms with Crippen LogP contribution in [0.3, 0.4) is 0 Å². The predicted molar refractivity (Wildman–Crippen MR) is 73.2 cm³/mol. The molecule has 19 heavy (non-hydrogen) atoms. The number of anilines is 1. The molecule has 0 saturated carbocycles. The van der Waals surface area contributed by atoms with Gasteiger partial charge in [0, 0.05) is 24.9 Å². The van der Waals surface area contributed by atoms with Crippen LogP contribution >= 0.6 is 0 Å². The van der Waals surface area contributed by atoms with E-state index in [4.69, 9.17) is 0 Å². The Bertz CT molecular complexity index is 566. The minimum Gasteiger partial charge on any atom is -0.306 e. The Labute approximate surface area is 111 Å². The molecule has 5 heteroatoms. The van der Waals surface area contributed by atoms with Crippen LogP contribution in [0.1, 0.15) is 17.5 Å². The maximum absolute atomic E-state index is 12.0. The van der Waals surface area contributed by atoms with Gasteiger partial charge in [0.05, 0.1) is 4.92 Å². The van der Waals surface area contributed by atoms with Gasteiger partial charge in [-0.2, -0.15) is 0 Å². The van der Waals surface area contributed by atoms with Gasteiger partial charge in [-0.3, -0.25) is 14.9 Å². The van der Waals surface area contributed by atoms with E-state index in [9.17, 15) is 14.9 Å². The van der Waals surface area contributed by atoms with E-state index in [1.807, 2.05) is 13.8 Å². The summed E-state index contributed by atoms with van der Waals surface area (Å²) >= 11 is 0. The molecule has 1 unspecified atom stereocenters. The summed E-state index contributed by atoms with van der Waals surface area (Å²) in [5.41, 5.74) is 2.14. The van der Waals surface area contributed by atoms with E-state index < -0.39 is 4.92 Å². The van der Waals surface area contributed by atoms with Crippen molar-refractivity contribution in [3.8, 4) is 0 Å². The van der Waals surface area contributed by atoms with Gasteiger partial charge in [0.2, 0.25) is 5.91 Å². The number of rotatable bonds is 3. The average Bonchev–Trinajstić information content (AvgIpc) is 2.73. The zero-order valence-corrected chi connectivity index (χ0v) is 11.0. The van der Waals surface area contributed by atoms with Gasteiger partial charge in [0.25, 0.3) is 5.69 Å².